The maximum absolute atomic E-state index is 13.0. The molecule has 1 rings (SSSR count). The van der Waals surface area contributed by atoms with Crippen molar-refractivity contribution >= 4 is 5.57 Å². The summed E-state index contributed by atoms with van der Waals surface area (Å²) in [4.78, 5) is 0. The van der Waals surface area contributed by atoms with Crippen LogP contribution in [-0.4, -0.2) is 13.1 Å². The molecule has 1 aromatic carbocycles. The lowest BCUT2D eigenvalue weighted by Gasteiger charge is -2.07. The van der Waals surface area contributed by atoms with Crippen LogP contribution < -0.4 is 5.32 Å². The van der Waals surface area contributed by atoms with Crippen molar-refractivity contribution in [3.63, 3.8) is 0 Å². The zero-order valence-electron chi connectivity index (χ0n) is 11.0. The Kier molecular flexibility index (Phi) is 5.92. The van der Waals surface area contributed by atoms with Crippen LogP contribution in [0.1, 0.15) is 37.8 Å². The topological polar surface area (TPSA) is 12.0 Å². The molecular weight excluding hydrogens is 213 g/mol. The van der Waals surface area contributed by atoms with E-state index in [4.69, 9.17) is 0 Å². The Bertz CT molecular complexity index is 383. The van der Waals surface area contributed by atoms with E-state index in [9.17, 15) is 4.39 Å². The molecule has 94 valence electrons. The van der Waals surface area contributed by atoms with Crippen LogP contribution in [0, 0.1) is 12.7 Å². The lowest BCUT2D eigenvalue weighted by Crippen LogP contribution is -2.15. The Morgan fingerprint density at radius 3 is 2.76 bits per heavy atom. The third kappa shape index (κ3) is 4.70. The number of rotatable bonds is 6. The van der Waals surface area contributed by atoms with Crippen LogP contribution in [0.2, 0.25) is 0 Å². The molecule has 0 radical (unpaired) electrons. The molecule has 2 heteroatoms. The van der Waals surface area contributed by atoms with Gasteiger partial charge in [-0.25, -0.2) is 4.39 Å². The molecule has 0 spiro atoms. The molecule has 0 aromatic heterocycles. The van der Waals surface area contributed by atoms with E-state index in [-0.39, 0.29) is 5.82 Å². The molecule has 17 heavy (non-hydrogen) atoms. The minimum Gasteiger partial charge on any atom is -0.316 e. The predicted octanol–water partition coefficient (Wildman–Crippen LogP) is 3.93. The summed E-state index contributed by atoms with van der Waals surface area (Å²) in [7, 11) is 0. The Balaban J connectivity index is 2.56. The summed E-state index contributed by atoms with van der Waals surface area (Å²) in [5.74, 6) is -0.163. The Morgan fingerprint density at radius 2 is 2.12 bits per heavy atom. The first-order valence-electron chi connectivity index (χ1n) is 6.29. The van der Waals surface area contributed by atoms with Crippen molar-refractivity contribution < 1.29 is 4.39 Å². The zero-order valence-corrected chi connectivity index (χ0v) is 11.0. The Labute approximate surface area is 104 Å². The van der Waals surface area contributed by atoms with Crippen LogP contribution in [0.4, 0.5) is 4.39 Å². The zero-order chi connectivity index (χ0) is 12.7. The Morgan fingerprint density at radius 1 is 1.35 bits per heavy atom. The van der Waals surface area contributed by atoms with Crippen molar-refractivity contribution in [2.75, 3.05) is 13.1 Å². The summed E-state index contributed by atoms with van der Waals surface area (Å²) >= 11 is 0. The molecule has 0 amide bonds. The highest BCUT2D eigenvalue weighted by atomic mass is 19.1. The van der Waals surface area contributed by atoms with Crippen molar-refractivity contribution in [2.45, 2.75) is 33.6 Å². The summed E-state index contributed by atoms with van der Waals surface area (Å²) in [5.41, 5.74) is 3.36. The van der Waals surface area contributed by atoms with Gasteiger partial charge in [0.25, 0.3) is 0 Å². The highest BCUT2D eigenvalue weighted by molar-refractivity contribution is 5.66. The molecule has 0 fully saturated rings. The normalized spacial score (nSPS) is 11.9. The van der Waals surface area contributed by atoms with E-state index in [1.807, 2.05) is 13.0 Å². The number of hydrogen-bond donors (Lipinski definition) is 1. The van der Waals surface area contributed by atoms with Gasteiger partial charge < -0.3 is 5.32 Å². The van der Waals surface area contributed by atoms with E-state index in [1.165, 1.54) is 18.1 Å². The number of benzene rings is 1. The summed E-state index contributed by atoms with van der Waals surface area (Å²) in [6, 6.07) is 4.97. The van der Waals surface area contributed by atoms with Crippen molar-refractivity contribution in [1.82, 2.24) is 5.32 Å². The van der Waals surface area contributed by atoms with Gasteiger partial charge in [0.1, 0.15) is 5.82 Å². The first-order valence-corrected chi connectivity index (χ1v) is 6.29. The minimum absolute atomic E-state index is 0.163. The van der Waals surface area contributed by atoms with Gasteiger partial charge in [0.15, 0.2) is 0 Å². The first-order chi connectivity index (χ1) is 8.15. The lowest BCUT2D eigenvalue weighted by atomic mass is 10.0. The molecule has 1 N–H and O–H groups in total. The van der Waals surface area contributed by atoms with Crippen molar-refractivity contribution in [2.24, 2.45) is 0 Å². The van der Waals surface area contributed by atoms with Crippen molar-refractivity contribution in [3.8, 4) is 0 Å². The monoisotopic (exact) mass is 235 g/mol. The highest BCUT2D eigenvalue weighted by Crippen LogP contribution is 2.19. The SMILES string of the molecule is CCCNCCC=C(C)c1ccc(F)cc1C. The molecule has 1 nitrogen and oxygen atoms in total. The molecule has 0 saturated heterocycles. The van der Waals surface area contributed by atoms with Crippen LogP contribution in [0.25, 0.3) is 5.57 Å². The third-order valence-corrected chi connectivity index (χ3v) is 2.81. The maximum Gasteiger partial charge on any atom is 0.123 e. The summed E-state index contributed by atoms with van der Waals surface area (Å²) in [5, 5.41) is 3.36. The number of halogens is 1. The molecular formula is C15H22FN. The van der Waals surface area contributed by atoms with E-state index in [0.717, 1.165) is 30.6 Å². The fourth-order valence-corrected chi connectivity index (χ4v) is 1.87. The Hall–Kier alpha value is -1.15. The molecule has 0 aliphatic carbocycles. The van der Waals surface area contributed by atoms with Crippen molar-refractivity contribution in [3.05, 3.63) is 41.2 Å². The number of nitrogens with one attached hydrogen (secondary N) is 1. The number of allylic oxidation sites excluding steroid dienone is 1. The smallest absolute Gasteiger partial charge is 0.123 e. The van der Waals surface area contributed by atoms with Crippen molar-refractivity contribution in [1.29, 1.82) is 0 Å². The second-order valence-electron chi connectivity index (χ2n) is 4.39. The van der Waals surface area contributed by atoms with E-state index < -0.39 is 0 Å². The van der Waals surface area contributed by atoms with Gasteiger partial charge in [0, 0.05) is 0 Å². The van der Waals surface area contributed by atoms with E-state index in [1.54, 1.807) is 6.07 Å². The van der Waals surface area contributed by atoms with E-state index in [2.05, 4.69) is 25.2 Å². The fraction of sp³-hybridized carbons (Fsp3) is 0.467. The molecule has 0 aliphatic heterocycles. The second-order valence-corrected chi connectivity index (χ2v) is 4.39. The molecule has 1 aromatic rings. The van der Waals surface area contributed by atoms with Gasteiger partial charge in [-0.1, -0.05) is 19.1 Å². The summed E-state index contributed by atoms with van der Waals surface area (Å²) < 4.78 is 13.0. The second kappa shape index (κ2) is 7.23. The van der Waals surface area contributed by atoms with Crippen LogP contribution >= 0.6 is 0 Å². The van der Waals surface area contributed by atoms with Gasteiger partial charge >= 0.3 is 0 Å². The van der Waals surface area contributed by atoms with Gasteiger partial charge in [-0.3, -0.25) is 0 Å². The summed E-state index contributed by atoms with van der Waals surface area (Å²) in [6.07, 6.45) is 4.39. The van der Waals surface area contributed by atoms with Crippen LogP contribution in [0.5, 0.6) is 0 Å². The van der Waals surface area contributed by atoms with Gasteiger partial charge in [-0.15, -0.1) is 0 Å². The fourth-order valence-electron chi connectivity index (χ4n) is 1.87. The van der Waals surface area contributed by atoms with Gasteiger partial charge in [0.2, 0.25) is 0 Å². The third-order valence-electron chi connectivity index (χ3n) is 2.81. The molecule has 0 aliphatic rings. The largest absolute Gasteiger partial charge is 0.316 e. The lowest BCUT2D eigenvalue weighted by molar-refractivity contribution is 0.626. The summed E-state index contributed by atoms with van der Waals surface area (Å²) in [6.45, 7) is 8.27. The van der Waals surface area contributed by atoms with Crippen LogP contribution in [-0.2, 0) is 0 Å². The van der Waals surface area contributed by atoms with Gasteiger partial charge in [-0.2, -0.15) is 0 Å². The average molecular weight is 235 g/mol. The first kappa shape index (κ1) is 13.9. The van der Waals surface area contributed by atoms with Gasteiger partial charge in [0.05, 0.1) is 0 Å². The number of hydrogen-bond acceptors (Lipinski definition) is 1. The maximum atomic E-state index is 13.0. The molecule has 0 unspecified atom stereocenters. The predicted molar refractivity (Wildman–Crippen MR) is 72.6 cm³/mol. The van der Waals surface area contributed by atoms with Crippen LogP contribution in [0.3, 0.4) is 0 Å². The quantitative estimate of drug-likeness (QED) is 0.737. The minimum atomic E-state index is -0.163. The molecule has 0 saturated carbocycles. The molecule has 0 atom stereocenters. The molecule has 0 bridgehead atoms. The molecule has 0 heterocycles. The van der Waals surface area contributed by atoms with E-state index >= 15 is 0 Å². The van der Waals surface area contributed by atoms with Gasteiger partial charge in [-0.05, 0) is 68.6 Å². The number of aryl methyl sites for hydroxylation is 1. The average Bonchev–Trinajstić information content (AvgIpc) is 2.28. The van der Waals surface area contributed by atoms with Crippen LogP contribution in [0.15, 0.2) is 24.3 Å². The van der Waals surface area contributed by atoms with E-state index in [0.29, 0.717) is 0 Å². The standard InChI is InChI=1S/C15H22FN/c1-4-9-17-10-5-6-12(2)15-8-7-14(16)11-13(15)3/h6-8,11,17H,4-5,9-10H2,1-3H3. The highest BCUT2D eigenvalue weighted by Gasteiger charge is 2.01.